The first-order valence-corrected chi connectivity index (χ1v) is 10.8. The minimum absolute atomic E-state index is 0.0875. The van der Waals surface area contributed by atoms with E-state index in [0.29, 0.717) is 12.1 Å². The van der Waals surface area contributed by atoms with E-state index in [0.717, 1.165) is 9.47 Å². The molecule has 0 saturated heterocycles. The van der Waals surface area contributed by atoms with Gasteiger partial charge in [-0.15, -0.1) is 0 Å². The van der Waals surface area contributed by atoms with E-state index in [2.05, 4.69) is 15.3 Å². The Morgan fingerprint density at radius 2 is 1.78 bits per heavy atom. The molecule has 2 aromatic heterocycles. The number of rotatable bonds is 6. The molecule has 3 heterocycles. The van der Waals surface area contributed by atoms with Crippen LogP contribution in [0.5, 0.6) is 0 Å². The Morgan fingerprint density at radius 1 is 1.05 bits per heavy atom. The van der Waals surface area contributed by atoms with Crippen molar-refractivity contribution in [2.24, 2.45) is 0 Å². The molecule has 0 bridgehead atoms. The van der Waals surface area contributed by atoms with Gasteiger partial charge in [0.1, 0.15) is 11.6 Å². The Bertz CT molecular complexity index is 1370. The SMILES string of the molecule is N=C(CC(=O)N1CCn2c(C(F)(F)F)nc(C(=O)Nc3ccccn3)c2C1)Cc1cc(F)c(F)cc1F. The number of nitrogens with zero attached hydrogens (tertiary/aromatic N) is 4. The Morgan fingerprint density at radius 3 is 2.46 bits per heavy atom. The van der Waals surface area contributed by atoms with Crippen LogP contribution in [0.1, 0.15) is 34.0 Å². The van der Waals surface area contributed by atoms with Gasteiger partial charge in [0.05, 0.1) is 18.7 Å². The van der Waals surface area contributed by atoms with Gasteiger partial charge in [0.2, 0.25) is 11.7 Å². The van der Waals surface area contributed by atoms with Crippen molar-refractivity contribution in [2.75, 3.05) is 11.9 Å². The number of anilines is 1. The molecule has 8 nitrogen and oxygen atoms in total. The molecule has 0 atom stereocenters. The van der Waals surface area contributed by atoms with E-state index in [4.69, 9.17) is 5.41 Å². The second-order valence-corrected chi connectivity index (χ2v) is 8.18. The van der Waals surface area contributed by atoms with Gasteiger partial charge in [0, 0.05) is 37.5 Å². The van der Waals surface area contributed by atoms with Gasteiger partial charge in [-0.3, -0.25) is 9.59 Å². The highest BCUT2D eigenvalue weighted by molar-refractivity contribution is 6.03. The van der Waals surface area contributed by atoms with Crippen LogP contribution in [0.3, 0.4) is 0 Å². The first kappa shape index (κ1) is 25.9. The molecule has 0 spiro atoms. The van der Waals surface area contributed by atoms with Gasteiger partial charge in [0.25, 0.3) is 5.91 Å². The highest BCUT2D eigenvalue weighted by Crippen LogP contribution is 2.32. The molecule has 0 fully saturated rings. The van der Waals surface area contributed by atoms with E-state index in [1.807, 2.05) is 0 Å². The molecule has 1 aromatic carbocycles. The van der Waals surface area contributed by atoms with E-state index >= 15 is 0 Å². The summed E-state index contributed by atoms with van der Waals surface area (Å²) in [7, 11) is 0. The average Bonchev–Trinajstić information content (AvgIpc) is 3.23. The number of carbonyl (C=O) groups excluding carboxylic acids is 2. The minimum atomic E-state index is -4.86. The zero-order chi connectivity index (χ0) is 26.9. The van der Waals surface area contributed by atoms with Crippen LogP contribution < -0.4 is 5.32 Å². The van der Waals surface area contributed by atoms with E-state index in [1.165, 1.54) is 12.3 Å². The van der Waals surface area contributed by atoms with E-state index < -0.39 is 66.3 Å². The van der Waals surface area contributed by atoms with Crippen molar-refractivity contribution < 1.29 is 35.9 Å². The van der Waals surface area contributed by atoms with Crippen molar-refractivity contribution in [3.63, 3.8) is 0 Å². The Kier molecular flexibility index (Phi) is 7.01. The first-order chi connectivity index (χ1) is 17.4. The number of alkyl halides is 3. The summed E-state index contributed by atoms with van der Waals surface area (Å²) in [6.45, 7) is -0.885. The summed E-state index contributed by atoms with van der Waals surface area (Å²) in [6.07, 6.45) is -4.51. The van der Waals surface area contributed by atoms with Crippen LogP contribution in [0.25, 0.3) is 0 Å². The quantitative estimate of drug-likeness (QED) is 0.289. The zero-order valence-electron chi connectivity index (χ0n) is 18.9. The molecule has 4 rings (SSSR count). The van der Waals surface area contributed by atoms with Gasteiger partial charge in [-0.1, -0.05) is 6.07 Å². The molecule has 3 aromatic rings. The zero-order valence-corrected chi connectivity index (χ0v) is 18.9. The van der Waals surface area contributed by atoms with E-state index in [1.54, 1.807) is 12.1 Å². The average molecular weight is 524 g/mol. The van der Waals surface area contributed by atoms with E-state index in [-0.39, 0.29) is 35.9 Å². The lowest BCUT2D eigenvalue weighted by Gasteiger charge is -2.29. The third-order valence-electron chi connectivity index (χ3n) is 5.59. The van der Waals surface area contributed by atoms with Crippen molar-refractivity contribution in [3.8, 4) is 0 Å². The smallest absolute Gasteiger partial charge is 0.335 e. The van der Waals surface area contributed by atoms with Gasteiger partial charge in [0.15, 0.2) is 17.3 Å². The van der Waals surface area contributed by atoms with Crippen LogP contribution in [-0.2, 0) is 30.5 Å². The summed E-state index contributed by atoms with van der Waals surface area (Å²) in [6, 6.07) is 5.50. The molecule has 1 aliphatic rings. The van der Waals surface area contributed by atoms with Gasteiger partial charge < -0.3 is 20.2 Å². The van der Waals surface area contributed by atoms with Gasteiger partial charge in [-0.2, -0.15) is 13.2 Å². The lowest BCUT2D eigenvalue weighted by Crippen LogP contribution is -2.40. The van der Waals surface area contributed by atoms with Crippen LogP contribution >= 0.6 is 0 Å². The number of benzene rings is 1. The maximum atomic E-state index is 13.9. The highest BCUT2D eigenvalue weighted by Gasteiger charge is 2.41. The minimum Gasteiger partial charge on any atom is -0.335 e. The third-order valence-corrected chi connectivity index (χ3v) is 5.59. The fraction of sp³-hybridized carbons (Fsp3) is 0.261. The third kappa shape index (κ3) is 5.62. The topological polar surface area (TPSA) is 104 Å². The fourth-order valence-electron chi connectivity index (χ4n) is 3.88. The molecule has 194 valence electrons. The summed E-state index contributed by atoms with van der Waals surface area (Å²) in [4.78, 5) is 34.1. The van der Waals surface area contributed by atoms with Crippen molar-refractivity contribution in [1.29, 1.82) is 5.41 Å². The number of amides is 2. The van der Waals surface area contributed by atoms with Gasteiger partial charge >= 0.3 is 6.18 Å². The maximum Gasteiger partial charge on any atom is 0.449 e. The van der Waals surface area contributed by atoms with Crippen molar-refractivity contribution in [2.45, 2.75) is 32.1 Å². The molecular formula is C23H18F6N6O2. The number of aromatic nitrogens is 3. The molecule has 0 aliphatic carbocycles. The molecule has 0 radical (unpaired) electrons. The summed E-state index contributed by atoms with van der Waals surface area (Å²) in [5.41, 5.74) is -1.33. The maximum absolute atomic E-state index is 13.9. The summed E-state index contributed by atoms with van der Waals surface area (Å²) < 4.78 is 82.0. The van der Waals surface area contributed by atoms with Crippen LogP contribution in [0.15, 0.2) is 36.5 Å². The predicted molar refractivity (Wildman–Crippen MR) is 117 cm³/mol. The Hall–Kier alpha value is -4.23. The number of fused-ring (bicyclic) bond motifs is 1. The molecule has 1 aliphatic heterocycles. The number of hydrogen-bond donors (Lipinski definition) is 2. The predicted octanol–water partition coefficient (Wildman–Crippen LogP) is 3.96. The second-order valence-electron chi connectivity index (χ2n) is 8.18. The number of imidazole rings is 1. The number of nitrogens with one attached hydrogen (secondary N) is 2. The van der Waals surface area contributed by atoms with Crippen LogP contribution in [-0.4, -0.2) is 43.5 Å². The molecule has 0 unspecified atom stereocenters. The standard InChI is InChI=1S/C23H18F6N6O2/c24-14-10-16(26)15(25)8-12(14)7-13(30)9-19(36)34-5-6-35-17(11-34)20(33-22(35)23(27,28)29)21(37)32-18-3-1-2-4-31-18/h1-4,8,10,30H,5-7,9,11H2,(H,31,32,37). The number of carbonyl (C=O) groups is 2. The summed E-state index contributed by atoms with van der Waals surface area (Å²) in [5, 5.41) is 10.4. The van der Waals surface area contributed by atoms with Gasteiger partial charge in [-0.25, -0.2) is 23.1 Å². The monoisotopic (exact) mass is 524 g/mol. The molecule has 0 saturated carbocycles. The number of pyridine rings is 1. The largest absolute Gasteiger partial charge is 0.449 e. The second kappa shape index (κ2) is 10.0. The molecule has 14 heteroatoms. The van der Waals surface area contributed by atoms with Crippen molar-refractivity contribution in [1.82, 2.24) is 19.4 Å². The Balaban J connectivity index is 1.52. The highest BCUT2D eigenvalue weighted by atomic mass is 19.4. The lowest BCUT2D eigenvalue weighted by molar-refractivity contribution is -0.148. The van der Waals surface area contributed by atoms with Crippen LogP contribution in [0, 0.1) is 22.9 Å². The number of halogens is 6. The number of hydrogen-bond acceptors (Lipinski definition) is 5. The van der Waals surface area contributed by atoms with Crippen LogP contribution in [0.2, 0.25) is 0 Å². The van der Waals surface area contributed by atoms with Gasteiger partial charge in [-0.05, 0) is 23.8 Å². The Labute approximate surface area is 205 Å². The van der Waals surface area contributed by atoms with Crippen LogP contribution in [0.4, 0.5) is 32.2 Å². The molecular weight excluding hydrogens is 506 g/mol. The molecule has 37 heavy (non-hydrogen) atoms. The summed E-state index contributed by atoms with van der Waals surface area (Å²) >= 11 is 0. The molecule has 2 N–H and O–H groups in total. The normalized spacial score (nSPS) is 13.3. The first-order valence-electron chi connectivity index (χ1n) is 10.8. The fourth-order valence-corrected chi connectivity index (χ4v) is 3.88. The van der Waals surface area contributed by atoms with Crippen molar-refractivity contribution in [3.05, 3.63) is 76.8 Å². The lowest BCUT2D eigenvalue weighted by atomic mass is 10.0. The van der Waals surface area contributed by atoms with Crippen molar-refractivity contribution >= 4 is 23.3 Å². The summed E-state index contributed by atoms with van der Waals surface area (Å²) in [5.74, 6) is -6.61. The van der Waals surface area contributed by atoms with E-state index in [9.17, 15) is 35.9 Å². The molecule has 2 amide bonds.